The lowest BCUT2D eigenvalue weighted by molar-refractivity contribution is 0.416. The minimum Gasteiger partial charge on any atom is -0.495 e. The Bertz CT molecular complexity index is 512. The molecule has 2 aromatic rings. The number of nitrogens with two attached hydrogens (primary N) is 1. The molecule has 17 heavy (non-hydrogen) atoms. The molecule has 0 aliphatic rings. The lowest BCUT2D eigenvalue weighted by Gasteiger charge is -2.09. The maximum Gasteiger partial charge on any atom is 0.210 e. The Hall–Kier alpha value is -1.66. The van der Waals surface area contributed by atoms with E-state index in [9.17, 15) is 0 Å². The summed E-state index contributed by atoms with van der Waals surface area (Å²) >= 11 is 1.44. The van der Waals surface area contributed by atoms with E-state index < -0.39 is 0 Å². The van der Waals surface area contributed by atoms with Crippen LogP contribution in [0.25, 0.3) is 0 Å². The zero-order valence-corrected chi connectivity index (χ0v) is 10.5. The second-order valence-electron chi connectivity index (χ2n) is 3.53. The summed E-state index contributed by atoms with van der Waals surface area (Å²) in [6, 6.07) is 5.92. The average Bonchev–Trinajstić information content (AvgIpc) is 2.77. The van der Waals surface area contributed by atoms with E-state index in [0.717, 1.165) is 22.0 Å². The average molecular weight is 250 g/mol. The number of anilines is 2. The van der Waals surface area contributed by atoms with Gasteiger partial charge in [0.1, 0.15) is 10.8 Å². The molecule has 0 spiro atoms. The molecule has 0 bridgehead atoms. The second-order valence-corrected chi connectivity index (χ2v) is 4.60. The Balaban J connectivity index is 2.25. The van der Waals surface area contributed by atoms with Gasteiger partial charge in [-0.1, -0.05) is 17.4 Å². The summed E-state index contributed by atoms with van der Waals surface area (Å²) in [6.07, 6.45) is 0. The van der Waals surface area contributed by atoms with Crippen LogP contribution < -0.4 is 15.8 Å². The number of nitrogens with zero attached hydrogens (tertiary/aromatic N) is 2. The van der Waals surface area contributed by atoms with Crippen LogP contribution in [-0.2, 0) is 6.54 Å². The second kappa shape index (κ2) is 5.11. The smallest absolute Gasteiger partial charge is 0.210 e. The van der Waals surface area contributed by atoms with Gasteiger partial charge in [0, 0.05) is 6.54 Å². The van der Waals surface area contributed by atoms with Crippen molar-refractivity contribution in [1.82, 2.24) is 10.2 Å². The SMILES string of the molecule is COc1ccc(C)cc1Nc1nnc(CN)s1. The van der Waals surface area contributed by atoms with Gasteiger partial charge < -0.3 is 15.8 Å². The van der Waals surface area contributed by atoms with E-state index in [4.69, 9.17) is 10.5 Å². The topological polar surface area (TPSA) is 73.1 Å². The first kappa shape index (κ1) is 11.8. The Morgan fingerprint density at radius 2 is 2.24 bits per heavy atom. The molecule has 3 N–H and O–H groups in total. The summed E-state index contributed by atoms with van der Waals surface area (Å²) in [5.41, 5.74) is 7.52. The van der Waals surface area contributed by atoms with E-state index in [1.54, 1.807) is 7.11 Å². The highest BCUT2D eigenvalue weighted by Gasteiger charge is 2.07. The Morgan fingerprint density at radius 3 is 2.88 bits per heavy atom. The Kier molecular flexibility index (Phi) is 3.55. The monoisotopic (exact) mass is 250 g/mol. The van der Waals surface area contributed by atoms with Crippen molar-refractivity contribution in [3.8, 4) is 5.75 Å². The van der Waals surface area contributed by atoms with Gasteiger partial charge in [0.05, 0.1) is 12.8 Å². The minimum atomic E-state index is 0.407. The molecule has 0 fully saturated rings. The predicted molar refractivity (Wildman–Crippen MR) is 68.8 cm³/mol. The zero-order valence-electron chi connectivity index (χ0n) is 9.73. The first-order chi connectivity index (χ1) is 8.22. The summed E-state index contributed by atoms with van der Waals surface area (Å²) < 4.78 is 5.27. The summed E-state index contributed by atoms with van der Waals surface area (Å²) in [7, 11) is 1.64. The van der Waals surface area contributed by atoms with E-state index in [0.29, 0.717) is 11.7 Å². The Labute approximate surface area is 104 Å². The van der Waals surface area contributed by atoms with Crippen LogP contribution in [0.2, 0.25) is 0 Å². The summed E-state index contributed by atoms with van der Waals surface area (Å²) in [5, 5.41) is 12.7. The van der Waals surface area contributed by atoms with Gasteiger partial charge in [-0.3, -0.25) is 0 Å². The molecule has 6 heteroatoms. The molecule has 1 aromatic carbocycles. The van der Waals surface area contributed by atoms with Gasteiger partial charge in [-0.05, 0) is 24.6 Å². The first-order valence-corrected chi connectivity index (χ1v) is 5.98. The number of benzene rings is 1. The fourth-order valence-corrected chi connectivity index (χ4v) is 2.05. The predicted octanol–water partition coefficient (Wildman–Crippen LogP) is 2.06. The van der Waals surface area contributed by atoms with Crippen LogP contribution >= 0.6 is 11.3 Å². The number of methoxy groups -OCH3 is 1. The van der Waals surface area contributed by atoms with Crippen molar-refractivity contribution >= 4 is 22.2 Å². The number of nitrogens with one attached hydrogen (secondary N) is 1. The molecule has 0 radical (unpaired) electrons. The molecule has 0 aliphatic carbocycles. The van der Waals surface area contributed by atoms with E-state index >= 15 is 0 Å². The molecular formula is C11H14N4OS. The molecular weight excluding hydrogens is 236 g/mol. The number of hydrogen-bond acceptors (Lipinski definition) is 6. The lowest BCUT2D eigenvalue weighted by atomic mass is 10.2. The largest absolute Gasteiger partial charge is 0.495 e. The van der Waals surface area contributed by atoms with Crippen LogP contribution in [0.5, 0.6) is 5.75 Å². The van der Waals surface area contributed by atoms with Crippen LogP contribution in [0, 0.1) is 6.92 Å². The highest BCUT2D eigenvalue weighted by atomic mass is 32.1. The third kappa shape index (κ3) is 2.72. The molecule has 0 saturated carbocycles. The number of ether oxygens (including phenoxy) is 1. The van der Waals surface area contributed by atoms with E-state index in [2.05, 4.69) is 15.5 Å². The quantitative estimate of drug-likeness (QED) is 0.869. The van der Waals surface area contributed by atoms with Crippen molar-refractivity contribution in [2.24, 2.45) is 5.73 Å². The molecule has 1 aromatic heterocycles. The molecule has 0 aliphatic heterocycles. The fraction of sp³-hybridized carbons (Fsp3) is 0.273. The van der Waals surface area contributed by atoms with Crippen molar-refractivity contribution in [2.45, 2.75) is 13.5 Å². The molecule has 0 unspecified atom stereocenters. The van der Waals surface area contributed by atoms with Crippen LogP contribution in [0.3, 0.4) is 0 Å². The van der Waals surface area contributed by atoms with Crippen LogP contribution in [0.4, 0.5) is 10.8 Å². The Morgan fingerprint density at radius 1 is 1.41 bits per heavy atom. The first-order valence-electron chi connectivity index (χ1n) is 5.17. The highest BCUT2D eigenvalue weighted by molar-refractivity contribution is 7.15. The van der Waals surface area contributed by atoms with Gasteiger partial charge in [0.15, 0.2) is 0 Å². The minimum absolute atomic E-state index is 0.407. The third-order valence-electron chi connectivity index (χ3n) is 2.24. The fourth-order valence-electron chi connectivity index (χ4n) is 1.42. The van der Waals surface area contributed by atoms with Crippen LogP contribution in [0.15, 0.2) is 18.2 Å². The molecule has 90 valence electrons. The maximum atomic E-state index is 5.49. The zero-order chi connectivity index (χ0) is 12.3. The van der Waals surface area contributed by atoms with Gasteiger partial charge in [-0.15, -0.1) is 10.2 Å². The van der Waals surface area contributed by atoms with Crippen LogP contribution in [0.1, 0.15) is 10.6 Å². The van der Waals surface area contributed by atoms with Crippen molar-refractivity contribution < 1.29 is 4.74 Å². The summed E-state index contributed by atoms with van der Waals surface area (Å²) in [5.74, 6) is 0.778. The van der Waals surface area contributed by atoms with Crippen molar-refractivity contribution in [2.75, 3.05) is 12.4 Å². The molecule has 1 heterocycles. The molecule has 0 atom stereocenters. The number of hydrogen-bond donors (Lipinski definition) is 2. The van der Waals surface area contributed by atoms with Gasteiger partial charge >= 0.3 is 0 Å². The van der Waals surface area contributed by atoms with Gasteiger partial charge in [-0.25, -0.2) is 0 Å². The summed E-state index contributed by atoms with van der Waals surface area (Å²) in [4.78, 5) is 0. The van der Waals surface area contributed by atoms with Gasteiger partial charge in [-0.2, -0.15) is 0 Å². The normalized spacial score (nSPS) is 10.3. The van der Waals surface area contributed by atoms with E-state index in [-0.39, 0.29) is 0 Å². The molecule has 0 saturated heterocycles. The van der Waals surface area contributed by atoms with Crippen LogP contribution in [-0.4, -0.2) is 17.3 Å². The van der Waals surface area contributed by atoms with Crippen molar-refractivity contribution in [3.05, 3.63) is 28.8 Å². The van der Waals surface area contributed by atoms with E-state index in [1.807, 2.05) is 25.1 Å². The van der Waals surface area contributed by atoms with Gasteiger partial charge in [0.25, 0.3) is 0 Å². The molecule has 2 rings (SSSR count). The lowest BCUT2D eigenvalue weighted by Crippen LogP contribution is -1.94. The van der Waals surface area contributed by atoms with Gasteiger partial charge in [0.2, 0.25) is 5.13 Å². The molecule has 0 amide bonds. The number of aromatic nitrogens is 2. The van der Waals surface area contributed by atoms with E-state index in [1.165, 1.54) is 11.3 Å². The number of rotatable bonds is 4. The standard InChI is InChI=1S/C11H14N4OS/c1-7-3-4-9(16-2)8(5-7)13-11-15-14-10(6-12)17-11/h3-5H,6,12H2,1-2H3,(H,13,15). The van der Waals surface area contributed by atoms with Crippen molar-refractivity contribution in [1.29, 1.82) is 0 Å². The third-order valence-corrected chi connectivity index (χ3v) is 3.10. The number of aryl methyl sites for hydroxylation is 1. The molecule has 5 nitrogen and oxygen atoms in total. The summed E-state index contributed by atoms with van der Waals surface area (Å²) in [6.45, 7) is 2.43. The van der Waals surface area contributed by atoms with Crippen molar-refractivity contribution in [3.63, 3.8) is 0 Å². The highest BCUT2D eigenvalue weighted by Crippen LogP contribution is 2.29. The maximum absolute atomic E-state index is 5.49.